The van der Waals surface area contributed by atoms with Gasteiger partial charge in [-0.15, -0.1) is 0 Å². The van der Waals surface area contributed by atoms with E-state index in [-0.39, 0.29) is 51.4 Å². The normalized spacial score (nSPS) is 15.3. The minimum Gasteiger partial charge on any atom is -0.549 e. The Balaban J connectivity index is 0. The number of hydrogen-bond donors (Lipinski definition) is 0. The van der Waals surface area contributed by atoms with Gasteiger partial charge >= 0.3 is 92.4 Å². The maximum Gasteiger partial charge on any atom is 1.00 e. The third-order valence-corrected chi connectivity index (χ3v) is 5.64. The first-order valence-corrected chi connectivity index (χ1v) is 9.10. The van der Waals surface area contributed by atoms with Crippen LogP contribution < -0.4 is 56.5 Å². The second-order valence-corrected chi connectivity index (χ2v) is 8.08. The van der Waals surface area contributed by atoms with E-state index in [0.29, 0.717) is 0 Å². The monoisotopic (exact) mass is 587 g/mol. The molecule has 0 aromatic rings. The Kier molecular flexibility index (Phi) is 11.0. The number of alkyl halides is 15. The van der Waals surface area contributed by atoms with Crippen molar-refractivity contribution in [2.75, 3.05) is 13.1 Å². The molecule has 0 saturated carbocycles. The second-order valence-electron chi connectivity index (χ2n) is 6.10. The van der Waals surface area contributed by atoms with Crippen LogP contribution in [0.2, 0.25) is 0 Å². The Hall–Kier alpha value is -0.0336. The molecule has 0 amide bonds. The third kappa shape index (κ3) is 5.31. The molecule has 0 N–H and O–H groups in total. The number of hydrogen-bond acceptors (Lipinski definition) is 4. The quantitative estimate of drug-likeness (QED) is 0.254. The van der Waals surface area contributed by atoms with Gasteiger partial charge in [0.1, 0.15) is 0 Å². The first-order chi connectivity index (χ1) is 14.1. The molecule has 5 nitrogen and oxygen atoms in total. The second kappa shape index (κ2) is 10.4. The summed E-state index contributed by atoms with van der Waals surface area (Å²) in [6, 6.07) is 0. The number of nitrogens with zero attached hydrogens (tertiary/aromatic N) is 1. The van der Waals surface area contributed by atoms with E-state index in [1.165, 1.54) is 0 Å². The van der Waals surface area contributed by atoms with Crippen LogP contribution in [0.4, 0.5) is 65.9 Å². The average molecular weight is 587 g/mol. The molecule has 0 bridgehead atoms. The number of carbonyl (C=O) groups is 1. The van der Waals surface area contributed by atoms with Gasteiger partial charge in [-0.05, 0) is 6.42 Å². The van der Waals surface area contributed by atoms with Crippen LogP contribution >= 0.6 is 0 Å². The van der Waals surface area contributed by atoms with Gasteiger partial charge in [-0.3, -0.25) is 0 Å². The summed E-state index contributed by atoms with van der Waals surface area (Å²) in [6.45, 7) is -2.94. The van der Waals surface area contributed by atoms with E-state index in [4.69, 9.17) is 0 Å². The SMILES string of the molecule is CCCN(CC(=O)[O-])S(=O)(=O)C(F)(F)C(F)(F)C(F)(F)C(F)(F)C(F)(F)C(F)(F)C(F)(F)F.[K+]. The molecule has 0 fully saturated rings. The van der Waals surface area contributed by atoms with Gasteiger partial charge in [0.15, 0.2) is 0 Å². The molecule has 0 spiro atoms. The van der Waals surface area contributed by atoms with Crippen molar-refractivity contribution in [3.63, 3.8) is 0 Å². The Morgan fingerprint density at radius 2 is 1.03 bits per heavy atom. The van der Waals surface area contributed by atoms with Crippen molar-refractivity contribution in [1.82, 2.24) is 4.31 Å². The summed E-state index contributed by atoms with van der Waals surface area (Å²) >= 11 is 0. The van der Waals surface area contributed by atoms with Crippen LogP contribution in [0, 0.1) is 0 Å². The van der Waals surface area contributed by atoms with Crippen LogP contribution in [-0.4, -0.2) is 72.8 Å². The van der Waals surface area contributed by atoms with Crippen molar-refractivity contribution in [2.24, 2.45) is 0 Å². The molecule has 0 radical (unpaired) electrons. The molecule has 0 aliphatic carbocycles. The molecule has 0 unspecified atom stereocenters. The molecule has 0 aromatic carbocycles. The van der Waals surface area contributed by atoms with Gasteiger partial charge in [0.2, 0.25) is 0 Å². The largest absolute Gasteiger partial charge is 1.00 e. The van der Waals surface area contributed by atoms with E-state index in [0.717, 1.165) is 6.92 Å². The molecular weight excluding hydrogens is 578 g/mol. The predicted octanol–water partition coefficient (Wildman–Crippen LogP) is 0.114. The molecule has 0 heterocycles. The number of halogens is 15. The maximum absolute atomic E-state index is 13.9. The molecule has 0 aliphatic rings. The number of rotatable bonds is 11. The summed E-state index contributed by atoms with van der Waals surface area (Å²) in [5.74, 6) is -45.0. The Morgan fingerprint density at radius 3 is 1.32 bits per heavy atom. The van der Waals surface area contributed by atoms with Gasteiger partial charge in [0.05, 0.1) is 12.5 Å². The van der Waals surface area contributed by atoms with Gasteiger partial charge in [-0.25, -0.2) is 8.42 Å². The minimum absolute atomic E-state index is 0. The van der Waals surface area contributed by atoms with Crippen molar-refractivity contribution in [3.8, 4) is 0 Å². The van der Waals surface area contributed by atoms with Crippen molar-refractivity contribution in [1.29, 1.82) is 0 Å². The topological polar surface area (TPSA) is 77.5 Å². The number of sulfonamides is 1. The summed E-state index contributed by atoms with van der Waals surface area (Å²) in [5, 5.41) is 2.74. The fourth-order valence-electron chi connectivity index (χ4n) is 1.95. The molecule has 0 atom stereocenters. The standard InChI is InChI=1S/C12H10F15NO4S.K/c1-2-3-28(4-5(29)30)33(31,32)12(26,27)10(21,22)8(17,18)6(13,14)7(15,16)9(19,20)11(23,24)25;/h2-4H2,1H3,(H,29,30);/q;+1/p-1. The Bertz CT molecular complexity index is 843. The van der Waals surface area contributed by atoms with Gasteiger partial charge in [0, 0.05) is 6.54 Å². The van der Waals surface area contributed by atoms with Gasteiger partial charge in [-0.2, -0.15) is 70.2 Å². The van der Waals surface area contributed by atoms with Gasteiger partial charge in [0.25, 0.3) is 10.0 Å². The number of carboxylic acids is 1. The van der Waals surface area contributed by atoms with Crippen LogP contribution in [0.15, 0.2) is 0 Å². The van der Waals surface area contributed by atoms with Gasteiger partial charge < -0.3 is 9.90 Å². The third-order valence-electron chi connectivity index (χ3n) is 3.74. The van der Waals surface area contributed by atoms with Crippen molar-refractivity contribution >= 4 is 16.0 Å². The summed E-state index contributed by atoms with van der Waals surface area (Å²) in [6.07, 6.45) is -8.52. The maximum atomic E-state index is 13.9. The molecule has 198 valence electrons. The van der Waals surface area contributed by atoms with E-state index in [9.17, 15) is 84.2 Å². The van der Waals surface area contributed by atoms with Crippen molar-refractivity contribution < 1.29 is 136 Å². The van der Waals surface area contributed by atoms with E-state index in [1.807, 2.05) is 0 Å². The zero-order chi connectivity index (χ0) is 27.3. The van der Waals surface area contributed by atoms with Crippen molar-refractivity contribution in [3.05, 3.63) is 0 Å². The van der Waals surface area contributed by atoms with Crippen LogP contribution in [0.3, 0.4) is 0 Å². The number of aliphatic carboxylic acids is 1. The van der Waals surface area contributed by atoms with E-state index in [2.05, 4.69) is 0 Å². The molecule has 0 saturated heterocycles. The predicted molar refractivity (Wildman–Crippen MR) is 71.5 cm³/mol. The zero-order valence-corrected chi connectivity index (χ0v) is 20.2. The zero-order valence-electron chi connectivity index (χ0n) is 16.3. The summed E-state index contributed by atoms with van der Waals surface area (Å²) < 4.78 is 219. The summed E-state index contributed by atoms with van der Waals surface area (Å²) in [7, 11) is -7.51. The van der Waals surface area contributed by atoms with Crippen molar-refractivity contribution in [2.45, 2.75) is 54.4 Å². The smallest absolute Gasteiger partial charge is 0.549 e. The molecule has 0 aromatic heterocycles. The van der Waals surface area contributed by atoms with Crippen LogP contribution in [-0.2, 0) is 14.8 Å². The van der Waals surface area contributed by atoms with Crippen LogP contribution in [0.1, 0.15) is 13.3 Å². The fraction of sp³-hybridized carbons (Fsp3) is 0.917. The Morgan fingerprint density at radius 1 is 0.706 bits per heavy atom. The molecule has 34 heavy (non-hydrogen) atoms. The first-order valence-electron chi connectivity index (χ1n) is 7.66. The summed E-state index contributed by atoms with van der Waals surface area (Å²) in [4.78, 5) is 10.4. The van der Waals surface area contributed by atoms with E-state index >= 15 is 0 Å². The summed E-state index contributed by atoms with van der Waals surface area (Å²) in [5.41, 5.74) is 0. The van der Waals surface area contributed by atoms with E-state index in [1.54, 1.807) is 0 Å². The van der Waals surface area contributed by atoms with Crippen LogP contribution in [0.25, 0.3) is 0 Å². The first kappa shape index (κ1) is 36.1. The minimum atomic E-state index is -8.66. The van der Waals surface area contributed by atoms with Gasteiger partial charge in [-0.1, -0.05) is 6.92 Å². The number of carboxylic acid groups (broad SMARTS) is 1. The molecule has 22 heteroatoms. The molecular formula is C12H9F15KNO4S. The average Bonchev–Trinajstić information content (AvgIpc) is 2.58. The number of carbonyl (C=O) groups excluding carboxylic acids is 1. The fourth-order valence-corrected chi connectivity index (χ4v) is 3.43. The Labute approximate surface area is 222 Å². The molecule has 0 rings (SSSR count). The van der Waals surface area contributed by atoms with Crippen LogP contribution in [0.5, 0.6) is 0 Å². The van der Waals surface area contributed by atoms with E-state index < -0.39 is 80.9 Å². The molecule has 0 aliphatic heterocycles.